The topological polar surface area (TPSA) is 35.5 Å². The van der Waals surface area contributed by atoms with E-state index < -0.39 is 18.8 Å². The molecule has 0 rings (SSSR count). The summed E-state index contributed by atoms with van der Waals surface area (Å²) in [5.74, 6) is -0.601. The van der Waals surface area contributed by atoms with Crippen LogP contribution in [-0.4, -0.2) is 32.0 Å². The lowest BCUT2D eigenvalue weighted by Gasteiger charge is -2.08. The highest BCUT2D eigenvalue weighted by Gasteiger charge is 2.27. The quantitative estimate of drug-likeness (QED) is 0.308. The number of carbonyl (C=O) groups is 1. The zero-order chi connectivity index (χ0) is 12.6. The van der Waals surface area contributed by atoms with Crippen LogP contribution in [0.5, 0.6) is 0 Å². The Morgan fingerprint density at radius 3 is 2.50 bits per heavy atom. The molecule has 6 heteroatoms. The molecule has 0 aromatic rings. The smallest absolute Gasteiger partial charge is 0.411 e. The van der Waals surface area contributed by atoms with Crippen molar-refractivity contribution in [2.75, 3.05) is 19.8 Å². The minimum absolute atomic E-state index is 0.211. The Labute approximate surface area is 91.5 Å². The first-order chi connectivity index (χ1) is 7.37. The molecule has 0 aromatic carbocycles. The highest BCUT2D eigenvalue weighted by atomic mass is 19.4. The lowest BCUT2D eigenvalue weighted by Crippen LogP contribution is -2.19. The summed E-state index contributed by atoms with van der Waals surface area (Å²) in [5, 5.41) is 0. The van der Waals surface area contributed by atoms with Gasteiger partial charge in [-0.2, -0.15) is 13.2 Å². The van der Waals surface area contributed by atoms with Crippen LogP contribution in [0.15, 0.2) is 24.3 Å². The lowest BCUT2D eigenvalue weighted by molar-refractivity contribution is -0.177. The molecule has 0 saturated heterocycles. The van der Waals surface area contributed by atoms with Crippen LogP contribution in [0.2, 0.25) is 0 Å². The van der Waals surface area contributed by atoms with Gasteiger partial charge in [-0.25, -0.2) is 4.79 Å². The van der Waals surface area contributed by atoms with Gasteiger partial charge in [0.05, 0.1) is 6.61 Å². The van der Waals surface area contributed by atoms with E-state index in [1.54, 1.807) is 0 Å². The van der Waals surface area contributed by atoms with E-state index in [1.807, 2.05) is 0 Å². The van der Waals surface area contributed by atoms with Gasteiger partial charge in [0.15, 0.2) is 0 Å². The van der Waals surface area contributed by atoms with Crippen molar-refractivity contribution < 1.29 is 27.4 Å². The predicted octanol–water partition coefficient (Wildman–Crippen LogP) is 2.24. The second kappa shape index (κ2) is 7.05. The van der Waals surface area contributed by atoms with Crippen LogP contribution in [0.1, 0.15) is 6.92 Å². The second-order valence-electron chi connectivity index (χ2n) is 2.89. The highest BCUT2D eigenvalue weighted by Crippen LogP contribution is 2.14. The molecule has 0 unspecified atom stereocenters. The van der Waals surface area contributed by atoms with Crippen LogP contribution in [-0.2, 0) is 14.3 Å². The molecule has 0 aromatic heterocycles. The number of alkyl halides is 3. The molecular weight excluding hydrogens is 225 g/mol. The zero-order valence-corrected chi connectivity index (χ0v) is 8.84. The first-order valence-corrected chi connectivity index (χ1v) is 4.48. The Balaban J connectivity index is 3.64. The molecule has 0 bridgehead atoms. The van der Waals surface area contributed by atoms with Gasteiger partial charge in [0.1, 0.15) is 13.2 Å². The van der Waals surface area contributed by atoms with Gasteiger partial charge in [0.2, 0.25) is 0 Å². The maximum absolute atomic E-state index is 11.6. The minimum Gasteiger partial charge on any atom is -0.460 e. The summed E-state index contributed by atoms with van der Waals surface area (Å²) >= 11 is 0. The molecule has 0 amide bonds. The van der Waals surface area contributed by atoms with Crippen molar-refractivity contribution in [1.82, 2.24) is 0 Å². The summed E-state index contributed by atoms with van der Waals surface area (Å²) in [6, 6.07) is 0. The van der Waals surface area contributed by atoms with E-state index >= 15 is 0 Å². The molecule has 0 saturated carbocycles. The molecule has 0 atom stereocenters. The number of rotatable bonds is 6. The van der Waals surface area contributed by atoms with Crippen LogP contribution in [0, 0.1) is 0 Å². The molecule has 0 aliphatic heterocycles. The summed E-state index contributed by atoms with van der Waals surface area (Å²) in [6.07, 6.45) is -1.50. The zero-order valence-electron chi connectivity index (χ0n) is 8.84. The molecular formula is C10H13F3O3. The molecule has 0 fully saturated rings. The summed E-state index contributed by atoms with van der Waals surface area (Å²) in [5.41, 5.74) is 0.325. The molecule has 0 N–H and O–H groups in total. The highest BCUT2D eigenvalue weighted by molar-refractivity contribution is 5.88. The second-order valence-corrected chi connectivity index (χ2v) is 2.89. The maximum Gasteiger partial charge on any atom is 0.411 e. The Bertz CT molecular complexity index is 269. The van der Waals surface area contributed by atoms with Crippen molar-refractivity contribution >= 4 is 5.97 Å². The van der Waals surface area contributed by atoms with Gasteiger partial charge < -0.3 is 9.47 Å². The van der Waals surface area contributed by atoms with Crippen molar-refractivity contribution in [1.29, 1.82) is 0 Å². The first-order valence-electron chi connectivity index (χ1n) is 4.48. The van der Waals surface area contributed by atoms with Crippen LogP contribution < -0.4 is 0 Å². The SMILES string of the molecule is C=C/C=C(\C)C(=O)OCCOCC(F)(F)F. The Kier molecular flexibility index (Phi) is 6.48. The average Bonchev–Trinajstić information content (AvgIpc) is 2.15. The third-order valence-corrected chi connectivity index (χ3v) is 1.42. The standard InChI is InChI=1S/C10H13F3O3/c1-3-4-8(2)9(14)16-6-5-15-7-10(11,12)13/h3-4H,1,5-7H2,2H3/b8-4+. The van der Waals surface area contributed by atoms with Crippen molar-refractivity contribution in [3.63, 3.8) is 0 Å². The lowest BCUT2D eigenvalue weighted by atomic mass is 10.3. The van der Waals surface area contributed by atoms with E-state index in [0.717, 1.165) is 0 Å². The van der Waals surface area contributed by atoms with Crippen molar-refractivity contribution in [2.45, 2.75) is 13.1 Å². The van der Waals surface area contributed by atoms with E-state index in [-0.39, 0.29) is 13.2 Å². The normalized spacial score (nSPS) is 12.4. The van der Waals surface area contributed by atoms with Gasteiger partial charge in [0.25, 0.3) is 0 Å². The fourth-order valence-electron chi connectivity index (χ4n) is 0.740. The minimum atomic E-state index is -4.36. The van der Waals surface area contributed by atoms with Gasteiger partial charge in [-0.1, -0.05) is 18.7 Å². The van der Waals surface area contributed by atoms with E-state index in [1.165, 1.54) is 19.1 Å². The van der Waals surface area contributed by atoms with Crippen molar-refractivity contribution in [3.05, 3.63) is 24.3 Å². The molecule has 3 nitrogen and oxygen atoms in total. The third-order valence-electron chi connectivity index (χ3n) is 1.42. The van der Waals surface area contributed by atoms with Gasteiger partial charge in [0, 0.05) is 5.57 Å². The molecule has 0 radical (unpaired) electrons. The number of hydrogen-bond acceptors (Lipinski definition) is 3. The largest absolute Gasteiger partial charge is 0.460 e. The summed E-state index contributed by atoms with van der Waals surface area (Å²) in [6.45, 7) is 3.06. The van der Waals surface area contributed by atoms with Crippen LogP contribution in [0.3, 0.4) is 0 Å². The number of carbonyl (C=O) groups excluding carboxylic acids is 1. The maximum atomic E-state index is 11.6. The van der Waals surface area contributed by atoms with Gasteiger partial charge >= 0.3 is 12.1 Å². The van der Waals surface area contributed by atoms with Crippen molar-refractivity contribution in [2.24, 2.45) is 0 Å². The predicted molar refractivity (Wildman–Crippen MR) is 51.8 cm³/mol. The van der Waals surface area contributed by atoms with E-state index in [2.05, 4.69) is 16.1 Å². The number of allylic oxidation sites excluding steroid dienone is 2. The average molecular weight is 238 g/mol. The summed E-state index contributed by atoms with van der Waals surface area (Å²) in [7, 11) is 0. The molecule has 16 heavy (non-hydrogen) atoms. The summed E-state index contributed by atoms with van der Waals surface area (Å²) < 4.78 is 43.7. The van der Waals surface area contributed by atoms with E-state index in [9.17, 15) is 18.0 Å². The number of ether oxygens (including phenoxy) is 2. The number of hydrogen-bond donors (Lipinski definition) is 0. The molecule has 0 aliphatic rings. The number of halogens is 3. The van der Waals surface area contributed by atoms with Crippen molar-refractivity contribution in [3.8, 4) is 0 Å². The van der Waals surface area contributed by atoms with E-state index in [0.29, 0.717) is 5.57 Å². The van der Waals surface area contributed by atoms with Crippen LogP contribution in [0.4, 0.5) is 13.2 Å². The number of esters is 1. The Morgan fingerprint density at radius 2 is 2.00 bits per heavy atom. The molecule has 0 heterocycles. The molecule has 0 spiro atoms. The van der Waals surface area contributed by atoms with Crippen LogP contribution >= 0.6 is 0 Å². The monoisotopic (exact) mass is 238 g/mol. The summed E-state index contributed by atoms with van der Waals surface area (Å²) in [4.78, 5) is 11.1. The van der Waals surface area contributed by atoms with E-state index in [4.69, 9.17) is 0 Å². The fourth-order valence-corrected chi connectivity index (χ4v) is 0.740. The Morgan fingerprint density at radius 1 is 1.38 bits per heavy atom. The van der Waals surface area contributed by atoms with Crippen LogP contribution in [0.25, 0.3) is 0 Å². The van der Waals surface area contributed by atoms with Gasteiger partial charge in [-0.3, -0.25) is 0 Å². The molecule has 0 aliphatic carbocycles. The first kappa shape index (κ1) is 14.7. The van der Waals surface area contributed by atoms with Gasteiger partial charge in [-0.15, -0.1) is 0 Å². The molecule has 92 valence electrons. The third kappa shape index (κ3) is 8.05. The fraction of sp³-hybridized carbons (Fsp3) is 0.500. The Hall–Kier alpha value is -1.30. The van der Waals surface area contributed by atoms with Gasteiger partial charge in [-0.05, 0) is 6.92 Å².